The molecule has 0 bridgehead atoms. The zero-order valence-corrected chi connectivity index (χ0v) is 13.4. The average Bonchev–Trinajstić information content (AvgIpc) is 2.56. The van der Waals surface area contributed by atoms with Gasteiger partial charge >= 0.3 is 0 Å². The van der Waals surface area contributed by atoms with E-state index in [0.29, 0.717) is 12.1 Å². The standard InChI is InChI=1S/C19H22F2N2/c1-15-5-2-3-6-16(15)13-22-9-11-23(12-10-22)14-17-7-4-8-18(20)19(17)21/h2-8H,9-14H2,1H3. The second-order valence-electron chi connectivity index (χ2n) is 6.19. The number of hydrogen-bond donors (Lipinski definition) is 0. The normalized spacial score (nSPS) is 16.7. The number of benzene rings is 2. The summed E-state index contributed by atoms with van der Waals surface area (Å²) in [7, 11) is 0. The molecule has 2 aromatic rings. The molecule has 4 heteroatoms. The molecule has 0 aliphatic carbocycles. The fourth-order valence-electron chi connectivity index (χ4n) is 3.05. The van der Waals surface area contributed by atoms with Crippen molar-refractivity contribution in [2.24, 2.45) is 0 Å². The van der Waals surface area contributed by atoms with E-state index < -0.39 is 11.6 Å². The van der Waals surface area contributed by atoms with E-state index in [9.17, 15) is 8.78 Å². The van der Waals surface area contributed by atoms with Crippen molar-refractivity contribution in [3.63, 3.8) is 0 Å². The van der Waals surface area contributed by atoms with E-state index in [-0.39, 0.29) is 0 Å². The molecule has 0 spiro atoms. The van der Waals surface area contributed by atoms with Crippen molar-refractivity contribution in [2.75, 3.05) is 26.2 Å². The van der Waals surface area contributed by atoms with Gasteiger partial charge in [0.05, 0.1) is 0 Å². The molecule has 1 heterocycles. The molecule has 1 aliphatic heterocycles. The van der Waals surface area contributed by atoms with Crippen LogP contribution in [0.2, 0.25) is 0 Å². The Morgan fingerprint density at radius 1 is 0.783 bits per heavy atom. The van der Waals surface area contributed by atoms with Crippen molar-refractivity contribution in [2.45, 2.75) is 20.0 Å². The van der Waals surface area contributed by atoms with Crippen LogP contribution in [0.3, 0.4) is 0 Å². The minimum absolute atomic E-state index is 0.442. The maximum Gasteiger partial charge on any atom is 0.163 e. The highest BCUT2D eigenvalue weighted by Gasteiger charge is 2.19. The topological polar surface area (TPSA) is 6.48 Å². The molecule has 2 nitrogen and oxygen atoms in total. The summed E-state index contributed by atoms with van der Waals surface area (Å²) < 4.78 is 27.0. The van der Waals surface area contributed by atoms with Crippen LogP contribution in [0.15, 0.2) is 42.5 Å². The van der Waals surface area contributed by atoms with Gasteiger partial charge in [0.15, 0.2) is 11.6 Å². The molecule has 1 saturated heterocycles. The van der Waals surface area contributed by atoms with Gasteiger partial charge in [0.25, 0.3) is 0 Å². The molecule has 3 rings (SSSR count). The first-order valence-corrected chi connectivity index (χ1v) is 8.05. The van der Waals surface area contributed by atoms with Gasteiger partial charge < -0.3 is 0 Å². The molecule has 0 atom stereocenters. The molecule has 0 saturated carbocycles. The lowest BCUT2D eigenvalue weighted by molar-refractivity contribution is 0.120. The monoisotopic (exact) mass is 316 g/mol. The minimum Gasteiger partial charge on any atom is -0.297 e. The van der Waals surface area contributed by atoms with Crippen molar-refractivity contribution < 1.29 is 8.78 Å². The summed E-state index contributed by atoms with van der Waals surface area (Å²) in [5.74, 6) is -1.48. The van der Waals surface area contributed by atoms with Crippen molar-refractivity contribution >= 4 is 0 Å². The number of piperazine rings is 1. The van der Waals surface area contributed by atoms with E-state index in [1.807, 2.05) is 0 Å². The molecular weight excluding hydrogens is 294 g/mol. The SMILES string of the molecule is Cc1ccccc1CN1CCN(Cc2cccc(F)c2F)CC1. The molecular formula is C19H22F2N2. The highest BCUT2D eigenvalue weighted by atomic mass is 19.2. The summed E-state index contributed by atoms with van der Waals surface area (Å²) in [6.07, 6.45) is 0. The van der Waals surface area contributed by atoms with Crippen molar-refractivity contribution in [1.82, 2.24) is 9.80 Å². The molecule has 0 radical (unpaired) electrons. The van der Waals surface area contributed by atoms with Crippen LogP contribution in [-0.4, -0.2) is 36.0 Å². The zero-order chi connectivity index (χ0) is 16.2. The smallest absolute Gasteiger partial charge is 0.163 e. The third-order valence-corrected chi connectivity index (χ3v) is 4.55. The van der Waals surface area contributed by atoms with E-state index >= 15 is 0 Å². The van der Waals surface area contributed by atoms with Gasteiger partial charge in [-0.3, -0.25) is 9.80 Å². The Morgan fingerprint density at radius 3 is 2.00 bits per heavy atom. The van der Waals surface area contributed by atoms with Gasteiger partial charge in [-0.05, 0) is 24.1 Å². The number of nitrogens with zero attached hydrogens (tertiary/aromatic N) is 2. The second kappa shape index (κ2) is 7.20. The number of aryl methyl sites for hydroxylation is 1. The molecule has 1 aliphatic rings. The van der Waals surface area contributed by atoms with Gasteiger partial charge in [-0.15, -0.1) is 0 Å². The first-order chi connectivity index (χ1) is 11.1. The molecule has 0 unspecified atom stereocenters. The van der Waals surface area contributed by atoms with Crippen LogP contribution in [0, 0.1) is 18.6 Å². The largest absolute Gasteiger partial charge is 0.297 e. The van der Waals surface area contributed by atoms with E-state index in [4.69, 9.17) is 0 Å². The Balaban J connectivity index is 1.54. The molecule has 0 amide bonds. The lowest BCUT2D eigenvalue weighted by Crippen LogP contribution is -2.45. The highest BCUT2D eigenvalue weighted by molar-refractivity contribution is 5.25. The second-order valence-corrected chi connectivity index (χ2v) is 6.19. The van der Waals surface area contributed by atoms with Crippen molar-refractivity contribution in [3.8, 4) is 0 Å². The summed E-state index contributed by atoms with van der Waals surface area (Å²) in [6, 6.07) is 12.8. The molecule has 1 fully saturated rings. The fourth-order valence-corrected chi connectivity index (χ4v) is 3.05. The van der Waals surface area contributed by atoms with Crippen LogP contribution in [-0.2, 0) is 13.1 Å². The van der Waals surface area contributed by atoms with Gasteiger partial charge in [-0.25, -0.2) is 8.78 Å². The van der Waals surface area contributed by atoms with Gasteiger partial charge in [0.2, 0.25) is 0 Å². The maximum atomic E-state index is 13.8. The molecule has 122 valence electrons. The summed E-state index contributed by atoms with van der Waals surface area (Å²) >= 11 is 0. The van der Waals surface area contributed by atoms with Crippen LogP contribution in [0.25, 0.3) is 0 Å². The van der Waals surface area contributed by atoms with Crippen LogP contribution in [0.4, 0.5) is 8.78 Å². The van der Waals surface area contributed by atoms with Gasteiger partial charge in [-0.2, -0.15) is 0 Å². The Hall–Kier alpha value is -1.78. The summed E-state index contributed by atoms with van der Waals surface area (Å²) in [4.78, 5) is 4.60. The predicted octanol–water partition coefficient (Wildman–Crippen LogP) is 3.59. The Kier molecular flexibility index (Phi) is 5.03. The number of halogens is 2. The summed E-state index contributed by atoms with van der Waals surface area (Å²) in [5, 5.41) is 0. The lowest BCUT2D eigenvalue weighted by Gasteiger charge is -2.35. The van der Waals surface area contributed by atoms with E-state index in [0.717, 1.165) is 32.7 Å². The van der Waals surface area contributed by atoms with E-state index in [1.54, 1.807) is 12.1 Å². The first kappa shape index (κ1) is 16.1. The summed E-state index contributed by atoms with van der Waals surface area (Å²) in [5.41, 5.74) is 3.12. The van der Waals surface area contributed by atoms with Crippen LogP contribution < -0.4 is 0 Å². The fraction of sp³-hybridized carbons (Fsp3) is 0.368. The molecule has 23 heavy (non-hydrogen) atoms. The maximum absolute atomic E-state index is 13.8. The third-order valence-electron chi connectivity index (χ3n) is 4.55. The van der Waals surface area contributed by atoms with Crippen LogP contribution in [0.1, 0.15) is 16.7 Å². The van der Waals surface area contributed by atoms with Gasteiger partial charge in [0, 0.05) is 44.8 Å². The molecule has 2 aromatic carbocycles. The Morgan fingerprint density at radius 2 is 1.35 bits per heavy atom. The first-order valence-electron chi connectivity index (χ1n) is 8.05. The quantitative estimate of drug-likeness (QED) is 0.850. The van der Waals surface area contributed by atoms with E-state index in [1.165, 1.54) is 17.2 Å². The molecule has 0 N–H and O–H groups in total. The average molecular weight is 316 g/mol. The Labute approximate surface area is 136 Å². The highest BCUT2D eigenvalue weighted by Crippen LogP contribution is 2.16. The van der Waals surface area contributed by atoms with Gasteiger partial charge in [0.1, 0.15) is 0 Å². The van der Waals surface area contributed by atoms with Crippen molar-refractivity contribution in [3.05, 3.63) is 70.8 Å². The number of rotatable bonds is 4. The van der Waals surface area contributed by atoms with Crippen LogP contribution >= 0.6 is 0 Å². The summed E-state index contributed by atoms with van der Waals surface area (Å²) in [6.45, 7) is 7.22. The van der Waals surface area contributed by atoms with Gasteiger partial charge in [-0.1, -0.05) is 36.4 Å². The Bertz CT molecular complexity index is 664. The lowest BCUT2D eigenvalue weighted by atomic mass is 10.1. The predicted molar refractivity (Wildman–Crippen MR) is 88.1 cm³/mol. The minimum atomic E-state index is -0.763. The van der Waals surface area contributed by atoms with E-state index in [2.05, 4.69) is 41.0 Å². The number of hydrogen-bond acceptors (Lipinski definition) is 2. The third kappa shape index (κ3) is 3.95. The van der Waals surface area contributed by atoms with Crippen LogP contribution in [0.5, 0.6) is 0 Å². The van der Waals surface area contributed by atoms with Crippen molar-refractivity contribution in [1.29, 1.82) is 0 Å². The molecule has 0 aromatic heterocycles. The zero-order valence-electron chi connectivity index (χ0n) is 13.4.